The average molecular weight is 629 g/mol. The van der Waals surface area contributed by atoms with Gasteiger partial charge in [0.25, 0.3) is 5.91 Å². The third-order valence-corrected chi connectivity index (χ3v) is 8.08. The second-order valence-corrected chi connectivity index (χ2v) is 14.5. The number of hydrogen-bond acceptors (Lipinski definition) is 6. The van der Waals surface area contributed by atoms with E-state index in [0.717, 1.165) is 19.3 Å². The molecule has 3 N–H and O–H groups in total. The van der Waals surface area contributed by atoms with Crippen LogP contribution >= 0.6 is 0 Å². The first kappa shape index (κ1) is 37.8. The van der Waals surface area contributed by atoms with Crippen LogP contribution in [0.4, 0.5) is 4.79 Å². The molecule has 0 aliphatic carbocycles. The minimum absolute atomic E-state index is 0.0740. The van der Waals surface area contributed by atoms with E-state index in [2.05, 4.69) is 28.1 Å². The van der Waals surface area contributed by atoms with E-state index in [-0.39, 0.29) is 17.7 Å². The summed E-state index contributed by atoms with van der Waals surface area (Å²) in [6, 6.07) is 7.27. The summed E-state index contributed by atoms with van der Waals surface area (Å²) in [6.45, 7) is 17.3. The fraction of sp³-hybridized carbons (Fsp3) is 0.686. The number of ketones is 1. The second-order valence-electron chi connectivity index (χ2n) is 14.5. The summed E-state index contributed by atoms with van der Waals surface area (Å²) in [5, 5.41) is 8.28. The molecule has 0 saturated carbocycles. The number of alkyl carbamates (subject to hydrolysis) is 1. The van der Waals surface area contributed by atoms with Crippen LogP contribution in [0.5, 0.6) is 0 Å². The number of carbonyl (C=O) groups excluding carboxylic acids is 5. The maximum Gasteiger partial charge on any atom is 0.408 e. The fourth-order valence-corrected chi connectivity index (χ4v) is 5.70. The number of ether oxygens (including phenoxy) is 1. The summed E-state index contributed by atoms with van der Waals surface area (Å²) in [5.41, 5.74) is -0.201. The molecule has 1 fully saturated rings. The minimum atomic E-state index is -1.00. The molecule has 4 amide bonds. The molecule has 10 heteroatoms. The summed E-state index contributed by atoms with van der Waals surface area (Å²) >= 11 is 0. The first-order valence-corrected chi connectivity index (χ1v) is 16.4. The van der Waals surface area contributed by atoms with Gasteiger partial charge in [0.15, 0.2) is 0 Å². The number of rotatable bonds is 14. The molecule has 4 atom stereocenters. The zero-order chi connectivity index (χ0) is 33.9. The highest BCUT2D eigenvalue weighted by Crippen LogP contribution is 2.33. The van der Waals surface area contributed by atoms with Gasteiger partial charge >= 0.3 is 6.09 Å². The average Bonchev–Trinajstić information content (AvgIpc) is 3.40. The molecule has 1 saturated heterocycles. The van der Waals surface area contributed by atoms with Gasteiger partial charge in [-0.25, -0.2) is 4.79 Å². The quantitative estimate of drug-likeness (QED) is 0.200. The van der Waals surface area contributed by atoms with E-state index in [1.54, 1.807) is 20.8 Å². The zero-order valence-corrected chi connectivity index (χ0v) is 28.8. The molecule has 10 nitrogen and oxygen atoms in total. The Kier molecular flexibility index (Phi) is 14.1. The summed E-state index contributed by atoms with van der Waals surface area (Å²) in [6.07, 6.45) is 3.24. The van der Waals surface area contributed by atoms with E-state index in [9.17, 15) is 24.0 Å². The van der Waals surface area contributed by atoms with Crippen LogP contribution in [0.25, 0.3) is 0 Å². The lowest BCUT2D eigenvalue weighted by Crippen LogP contribution is -2.60. The molecule has 1 aliphatic rings. The van der Waals surface area contributed by atoms with Crippen molar-refractivity contribution in [1.29, 1.82) is 0 Å². The number of unbranched alkanes of at least 4 members (excludes halogenated alkanes) is 1. The molecule has 45 heavy (non-hydrogen) atoms. The highest BCUT2D eigenvalue weighted by Gasteiger charge is 2.48. The Morgan fingerprint density at radius 2 is 1.60 bits per heavy atom. The highest BCUT2D eigenvalue weighted by molar-refractivity contribution is 6.38. The topological polar surface area (TPSA) is 134 Å². The van der Waals surface area contributed by atoms with Crippen molar-refractivity contribution in [2.24, 2.45) is 17.3 Å². The van der Waals surface area contributed by atoms with Gasteiger partial charge in [0, 0.05) is 13.1 Å². The lowest BCUT2D eigenvalue weighted by molar-refractivity contribution is -0.145. The molecule has 0 bridgehead atoms. The molecule has 1 aromatic rings. The van der Waals surface area contributed by atoms with Crippen molar-refractivity contribution < 1.29 is 28.7 Å². The molecule has 1 aliphatic heterocycles. The van der Waals surface area contributed by atoms with E-state index >= 15 is 0 Å². The Balaban J connectivity index is 2.14. The number of Topliss-reactive ketones (excluding diaryl/α,β-unsaturated/α-hetero) is 1. The van der Waals surface area contributed by atoms with Gasteiger partial charge in [-0.1, -0.05) is 78.3 Å². The fourth-order valence-electron chi connectivity index (χ4n) is 5.70. The van der Waals surface area contributed by atoms with Crippen LogP contribution in [0.3, 0.4) is 0 Å². The summed E-state index contributed by atoms with van der Waals surface area (Å²) in [5.74, 6) is -2.35. The molecular weight excluding hydrogens is 572 g/mol. The number of carbonyl (C=O) groups is 5. The second kappa shape index (κ2) is 16.8. The van der Waals surface area contributed by atoms with Gasteiger partial charge in [-0.05, 0) is 75.7 Å². The van der Waals surface area contributed by atoms with Crippen molar-refractivity contribution >= 4 is 29.6 Å². The first-order chi connectivity index (χ1) is 21.0. The Morgan fingerprint density at radius 3 is 2.16 bits per heavy atom. The van der Waals surface area contributed by atoms with Crippen molar-refractivity contribution in [2.45, 2.75) is 125 Å². The molecule has 0 aromatic heterocycles. The maximum atomic E-state index is 14.0. The van der Waals surface area contributed by atoms with Crippen LogP contribution < -0.4 is 16.0 Å². The van der Waals surface area contributed by atoms with E-state index < -0.39 is 52.8 Å². The Morgan fingerprint density at radius 1 is 0.956 bits per heavy atom. The van der Waals surface area contributed by atoms with Gasteiger partial charge in [0.1, 0.15) is 17.7 Å². The predicted molar refractivity (Wildman–Crippen MR) is 175 cm³/mol. The molecule has 0 radical (unpaired) electrons. The molecule has 0 spiro atoms. The number of amides is 4. The smallest absolute Gasteiger partial charge is 0.408 e. The van der Waals surface area contributed by atoms with Gasteiger partial charge in [-0.3, -0.25) is 19.2 Å². The summed E-state index contributed by atoms with van der Waals surface area (Å²) in [7, 11) is 0. The molecule has 1 aromatic carbocycles. The first-order valence-electron chi connectivity index (χ1n) is 16.4. The van der Waals surface area contributed by atoms with Gasteiger partial charge in [0.2, 0.25) is 17.6 Å². The number of benzene rings is 1. The largest absolute Gasteiger partial charge is 0.444 e. The number of hydrogen-bond donors (Lipinski definition) is 3. The molecule has 252 valence electrons. The molecule has 2 rings (SSSR count). The SMILES string of the molecule is CCCC(NC(=O)[C@@H]1[C@@H](C(C)C)CCN1C(=O)[C@@H](NC(=O)OC(C)(C)C)C(C)(C)C)C(=O)C(=O)NCCCCc1ccccc1. The molecular formula is C35H56N4O6. The van der Waals surface area contributed by atoms with Crippen molar-refractivity contribution in [3.8, 4) is 0 Å². The maximum absolute atomic E-state index is 14.0. The van der Waals surface area contributed by atoms with Crippen LogP contribution in [0.2, 0.25) is 0 Å². The molecule has 1 heterocycles. The van der Waals surface area contributed by atoms with Crippen LogP contribution in [0.1, 0.15) is 100.0 Å². The normalized spacial score (nSPS) is 18.2. The number of likely N-dealkylation sites (tertiary alicyclic amines) is 1. The van der Waals surface area contributed by atoms with Gasteiger partial charge in [-0.15, -0.1) is 0 Å². The third-order valence-electron chi connectivity index (χ3n) is 8.08. The van der Waals surface area contributed by atoms with Gasteiger partial charge in [-0.2, -0.15) is 0 Å². The monoisotopic (exact) mass is 628 g/mol. The number of nitrogens with one attached hydrogen (secondary N) is 3. The number of nitrogens with zero attached hydrogens (tertiary/aromatic N) is 1. The van der Waals surface area contributed by atoms with E-state index in [0.29, 0.717) is 32.4 Å². The van der Waals surface area contributed by atoms with Crippen molar-refractivity contribution in [3.63, 3.8) is 0 Å². The number of aryl methyl sites for hydroxylation is 1. The summed E-state index contributed by atoms with van der Waals surface area (Å²) < 4.78 is 5.42. The Labute approximate surface area is 269 Å². The highest BCUT2D eigenvalue weighted by atomic mass is 16.6. The van der Waals surface area contributed by atoms with Crippen LogP contribution in [-0.4, -0.2) is 71.3 Å². The standard InChI is InChI=1S/C35H56N4O6/c1-10-16-26(28(40)31(42)36-21-15-14-19-24-17-12-11-13-18-24)37-30(41)27-25(23(2)3)20-22-39(27)32(43)29(34(4,5)6)38-33(44)45-35(7,8)9/h11-13,17-18,23,25-27,29H,10,14-16,19-22H2,1-9H3,(H,36,42)(H,37,41)(H,38,44)/t25-,26?,27+,29-/m1/s1. The van der Waals surface area contributed by atoms with E-state index in [4.69, 9.17) is 4.74 Å². The van der Waals surface area contributed by atoms with Crippen molar-refractivity contribution in [3.05, 3.63) is 35.9 Å². The Hall–Kier alpha value is -3.43. The lowest BCUT2D eigenvalue weighted by atomic mass is 9.84. The zero-order valence-electron chi connectivity index (χ0n) is 28.8. The Bertz CT molecular complexity index is 1150. The van der Waals surface area contributed by atoms with E-state index in [1.807, 2.05) is 59.7 Å². The summed E-state index contributed by atoms with van der Waals surface area (Å²) in [4.78, 5) is 68.2. The predicted octanol–water partition coefficient (Wildman–Crippen LogP) is 4.79. The van der Waals surface area contributed by atoms with Crippen molar-refractivity contribution in [1.82, 2.24) is 20.9 Å². The van der Waals surface area contributed by atoms with Gasteiger partial charge < -0.3 is 25.6 Å². The van der Waals surface area contributed by atoms with Gasteiger partial charge in [0.05, 0.1) is 6.04 Å². The van der Waals surface area contributed by atoms with Crippen LogP contribution in [0.15, 0.2) is 30.3 Å². The van der Waals surface area contributed by atoms with Crippen LogP contribution in [-0.2, 0) is 30.3 Å². The third kappa shape index (κ3) is 11.8. The minimum Gasteiger partial charge on any atom is -0.444 e. The lowest BCUT2D eigenvalue weighted by Gasteiger charge is -2.37. The molecule has 1 unspecified atom stereocenters. The van der Waals surface area contributed by atoms with E-state index in [1.165, 1.54) is 10.5 Å². The van der Waals surface area contributed by atoms with Crippen LogP contribution in [0, 0.1) is 17.3 Å². The van der Waals surface area contributed by atoms with Crippen molar-refractivity contribution in [2.75, 3.05) is 13.1 Å².